The lowest BCUT2D eigenvalue weighted by Crippen LogP contribution is -2.42. The van der Waals surface area contributed by atoms with Crippen molar-refractivity contribution in [1.82, 2.24) is 5.32 Å². The third-order valence-corrected chi connectivity index (χ3v) is 4.20. The number of ether oxygens (including phenoxy) is 1. The van der Waals surface area contributed by atoms with Gasteiger partial charge in [-0.15, -0.1) is 11.3 Å². The second-order valence-corrected chi connectivity index (χ2v) is 6.03. The van der Waals surface area contributed by atoms with E-state index >= 15 is 0 Å². The number of carboxylic acid groups (broad SMARTS) is 1. The molecule has 2 aromatic rings. The number of amides is 1. The molecule has 2 rings (SSSR count). The van der Waals surface area contributed by atoms with E-state index in [-0.39, 0.29) is 18.6 Å². The number of carboxylic acids is 1. The van der Waals surface area contributed by atoms with Crippen LogP contribution in [0.3, 0.4) is 0 Å². The number of halogens is 3. The first-order chi connectivity index (χ1) is 11.8. The third-order valence-electron chi connectivity index (χ3n) is 3.18. The fourth-order valence-corrected chi connectivity index (χ4v) is 2.77. The molecule has 0 spiro atoms. The predicted molar refractivity (Wildman–Crippen MR) is 84.2 cm³/mol. The van der Waals surface area contributed by atoms with Gasteiger partial charge in [0.1, 0.15) is 17.5 Å². The van der Waals surface area contributed by atoms with Crippen LogP contribution in [-0.4, -0.2) is 23.2 Å². The molecule has 1 aromatic heterocycles. The maximum atomic E-state index is 12.6. The molecule has 0 saturated heterocycles. The Hall–Kier alpha value is -2.55. The molecule has 1 atom stereocenters. The number of hydrogen-bond acceptors (Lipinski definition) is 4. The van der Waals surface area contributed by atoms with Crippen LogP contribution < -0.4 is 5.32 Å². The summed E-state index contributed by atoms with van der Waals surface area (Å²) in [7, 11) is 0. The topological polar surface area (TPSA) is 75.6 Å². The minimum Gasteiger partial charge on any atom is -0.480 e. The van der Waals surface area contributed by atoms with E-state index in [1.807, 2.05) is 0 Å². The van der Waals surface area contributed by atoms with Crippen molar-refractivity contribution in [2.75, 3.05) is 0 Å². The largest absolute Gasteiger partial charge is 0.480 e. The molecular formula is C16H14F3NO4S. The van der Waals surface area contributed by atoms with Gasteiger partial charge in [0, 0.05) is 6.42 Å². The fourth-order valence-electron chi connectivity index (χ4n) is 1.97. The summed E-state index contributed by atoms with van der Waals surface area (Å²) in [6, 6.07) is 8.24. The first-order valence-corrected chi connectivity index (χ1v) is 7.98. The zero-order valence-corrected chi connectivity index (χ0v) is 13.6. The molecule has 0 aliphatic rings. The monoisotopic (exact) mass is 373 g/mol. The first-order valence-electron chi connectivity index (χ1n) is 7.10. The molecule has 0 saturated carbocycles. The van der Waals surface area contributed by atoms with Gasteiger partial charge >= 0.3 is 18.2 Å². The van der Waals surface area contributed by atoms with E-state index in [9.17, 15) is 22.8 Å². The molecule has 25 heavy (non-hydrogen) atoms. The highest BCUT2D eigenvalue weighted by atomic mass is 32.1. The van der Waals surface area contributed by atoms with E-state index in [2.05, 4.69) is 5.32 Å². The Morgan fingerprint density at radius 1 is 1.20 bits per heavy atom. The molecule has 2 N–H and O–H groups in total. The average Bonchev–Trinajstić information content (AvgIpc) is 3.02. The predicted octanol–water partition coefficient (Wildman–Crippen LogP) is 3.69. The Labute approximate surface area is 145 Å². The molecule has 0 aliphatic carbocycles. The van der Waals surface area contributed by atoms with Gasteiger partial charge in [0.25, 0.3) is 0 Å². The van der Waals surface area contributed by atoms with Crippen molar-refractivity contribution in [2.45, 2.75) is 25.2 Å². The van der Waals surface area contributed by atoms with Crippen LogP contribution in [0.25, 0.3) is 0 Å². The Morgan fingerprint density at radius 3 is 2.44 bits per heavy atom. The second kappa shape index (κ2) is 8.02. The number of rotatable bonds is 6. The van der Waals surface area contributed by atoms with Crippen LogP contribution in [0.1, 0.15) is 16.0 Å². The van der Waals surface area contributed by atoms with E-state index in [1.54, 1.807) is 30.3 Å². The van der Waals surface area contributed by atoms with Gasteiger partial charge in [-0.2, -0.15) is 13.2 Å². The van der Waals surface area contributed by atoms with E-state index in [1.165, 1.54) is 5.38 Å². The molecule has 1 aromatic carbocycles. The zero-order chi connectivity index (χ0) is 18.4. The molecule has 134 valence electrons. The standard InChI is InChI=1S/C16H14F3NO4S/c17-16(18,19)13-7-11(9-25-13)6-12(14(21)22)20-15(23)24-8-10-4-2-1-3-5-10/h1-5,7,9,12H,6,8H2,(H,20,23)(H,21,22). The quantitative estimate of drug-likeness (QED) is 0.810. The normalized spacial score (nSPS) is 12.4. The van der Waals surface area contributed by atoms with Gasteiger partial charge in [-0.3, -0.25) is 0 Å². The van der Waals surface area contributed by atoms with Crippen molar-refractivity contribution in [3.8, 4) is 0 Å². The summed E-state index contributed by atoms with van der Waals surface area (Å²) in [5.74, 6) is -1.36. The van der Waals surface area contributed by atoms with Crippen LogP contribution in [0.5, 0.6) is 0 Å². The molecule has 0 bridgehead atoms. The zero-order valence-electron chi connectivity index (χ0n) is 12.7. The SMILES string of the molecule is O=C(NC(Cc1csc(C(F)(F)F)c1)C(=O)O)OCc1ccccc1. The number of nitrogens with one attached hydrogen (secondary N) is 1. The highest BCUT2D eigenvalue weighted by Gasteiger charge is 2.33. The minimum absolute atomic E-state index is 0.0459. The number of carbonyl (C=O) groups excluding carboxylic acids is 1. The molecular weight excluding hydrogens is 359 g/mol. The average molecular weight is 373 g/mol. The van der Waals surface area contributed by atoms with Gasteiger partial charge in [-0.05, 0) is 22.6 Å². The van der Waals surface area contributed by atoms with Crippen molar-refractivity contribution in [2.24, 2.45) is 0 Å². The molecule has 0 radical (unpaired) electrons. The lowest BCUT2D eigenvalue weighted by Gasteiger charge is -2.14. The molecule has 5 nitrogen and oxygen atoms in total. The Bertz CT molecular complexity index is 730. The molecule has 1 unspecified atom stereocenters. The van der Waals surface area contributed by atoms with Gasteiger partial charge in [0.05, 0.1) is 0 Å². The summed E-state index contributed by atoms with van der Waals surface area (Å²) < 4.78 is 42.6. The molecule has 1 heterocycles. The number of alkyl halides is 3. The van der Waals surface area contributed by atoms with Gasteiger partial charge in [-0.1, -0.05) is 30.3 Å². The van der Waals surface area contributed by atoms with Gasteiger partial charge in [0.15, 0.2) is 0 Å². The van der Waals surface area contributed by atoms with Crippen LogP contribution in [0.15, 0.2) is 41.8 Å². The summed E-state index contributed by atoms with van der Waals surface area (Å²) in [5, 5.41) is 12.5. The van der Waals surface area contributed by atoms with Gasteiger partial charge < -0.3 is 15.2 Å². The van der Waals surface area contributed by atoms with Crippen LogP contribution in [-0.2, 0) is 28.7 Å². The maximum Gasteiger partial charge on any atom is 0.425 e. The molecule has 9 heteroatoms. The number of hydrogen-bond donors (Lipinski definition) is 2. The van der Waals surface area contributed by atoms with E-state index in [4.69, 9.17) is 9.84 Å². The third kappa shape index (κ3) is 5.79. The summed E-state index contributed by atoms with van der Waals surface area (Å²) in [5.41, 5.74) is 0.894. The van der Waals surface area contributed by atoms with Crippen molar-refractivity contribution in [3.63, 3.8) is 0 Å². The second-order valence-electron chi connectivity index (χ2n) is 5.12. The van der Waals surface area contributed by atoms with Crippen molar-refractivity contribution in [1.29, 1.82) is 0 Å². The number of thiophene rings is 1. The van der Waals surface area contributed by atoms with Crippen molar-refractivity contribution >= 4 is 23.4 Å². The summed E-state index contributed by atoms with van der Waals surface area (Å²) in [6.45, 7) is -0.0459. The summed E-state index contributed by atoms with van der Waals surface area (Å²) >= 11 is 0.475. The fraction of sp³-hybridized carbons (Fsp3) is 0.250. The maximum absolute atomic E-state index is 12.6. The Kier molecular flexibility index (Phi) is 6.02. The first kappa shape index (κ1) is 18.8. The van der Waals surface area contributed by atoms with Crippen molar-refractivity contribution < 1.29 is 32.6 Å². The number of carbonyl (C=O) groups is 2. The van der Waals surface area contributed by atoms with Crippen LogP contribution in [0.4, 0.5) is 18.0 Å². The van der Waals surface area contributed by atoms with Gasteiger partial charge in [-0.25, -0.2) is 9.59 Å². The minimum atomic E-state index is -4.48. The smallest absolute Gasteiger partial charge is 0.425 e. The summed E-state index contributed by atoms with van der Waals surface area (Å²) in [6.07, 6.45) is -5.71. The Balaban J connectivity index is 1.93. The number of aliphatic carboxylic acids is 1. The van der Waals surface area contributed by atoms with Crippen molar-refractivity contribution in [3.05, 3.63) is 57.8 Å². The highest BCUT2D eigenvalue weighted by Crippen LogP contribution is 2.34. The van der Waals surface area contributed by atoms with E-state index in [0.29, 0.717) is 11.3 Å². The van der Waals surface area contributed by atoms with E-state index in [0.717, 1.165) is 11.6 Å². The molecule has 0 fully saturated rings. The number of benzene rings is 1. The summed E-state index contributed by atoms with van der Waals surface area (Å²) in [4.78, 5) is 22.1. The lowest BCUT2D eigenvalue weighted by atomic mass is 10.1. The lowest BCUT2D eigenvalue weighted by molar-refractivity contribution is -0.139. The molecule has 0 aliphatic heterocycles. The van der Waals surface area contributed by atoms with E-state index < -0.39 is 29.2 Å². The number of alkyl carbamates (subject to hydrolysis) is 1. The van der Waals surface area contributed by atoms with Crippen LogP contribution >= 0.6 is 11.3 Å². The highest BCUT2D eigenvalue weighted by molar-refractivity contribution is 7.10. The van der Waals surface area contributed by atoms with Crippen LogP contribution in [0, 0.1) is 0 Å². The Morgan fingerprint density at radius 2 is 1.88 bits per heavy atom. The van der Waals surface area contributed by atoms with Crippen LogP contribution in [0.2, 0.25) is 0 Å². The molecule has 1 amide bonds. The van der Waals surface area contributed by atoms with Gasteiger partial charge in [0.2, 0.25) is 0 Å².